The molecule has 4 nitrogen and oxygen atoms in total. The van der Waals surface area contributed by atoms with Crippen LogP contribution < -0.4 is 0 Å². The van der Waals surface area contributed by atoms with Gasteiger partial charge in [-0.1, -0.05) is 65.7 Å². The van der Waals surface area contributed by atoms with E-state index in [4.69, 9.17) is 27.9 Å². The van der Waals surface area contributed by atoms with Crippen LogP contribution in [-0.4, -0.2) is 17.5 Å². The van der Waals surface area contributed by atoms with Gasteiger partial charge in [0.1, 0.15) is 12.5 Å². The maximum atomic E-state index is 13.2. The highest BCUT2D eigenvalue weighted by Crippen LogP contribution is 2.46. The first-order chi connectivity index (χ1) is 14.5. The molecular formula is C24H21Cl2NO3. The number of benzene rings is 2. The van der Waals surface area contributed by atoms with Gasteiger partial charge in [-0.25, -0.2) is 0 Å². The molecule has 30 heavy (non-hydrogen) atoms. The first-order valence-electron chi connectivity index (χ1n) is 9.93. The molecule has 4 rings (SSSR count). The molecule has 0 saturated carbocycles. The third-order valence-electron chi connectivity index (χ3n) is 5.63. The van der Waals surface area contributed by atoms with Crippen LogP contribution in [-0.2, 0) is 20.9 Å². The molecular weight excluding hydrogens is 421 g/mol. The number of aliphatic imine (C=N–C) groups is 1. The van der Waals surface area contributed by atoms with Crippen molar-refractivity contribution in [2.24, 2.45) is 10.9 Å². The number of nitrogens with zero attached hydrogens (tertiary/aromatic N) is 1. The standard InChI is InChI=1S/C24H21Cl2NO3/c1-14-20(24(29)30-13-15-7-3-2-4-8-15)21(16-9-5-10-17(25)23(16)26)22-18(27-14)11-6-12-19(22)28/h2-5,7-10,20-21H,6,11-13H2,1H3/t20?,21-/m1/s1. The van der Waals surface area contributed by atoms with Gasteiger partial charge in [0.05, 0.1) is 10.0 Å². The molecule has 2 aromatic carbocycles. The second-order valence-electron chi connectivity index (χ2n) is 7.58. The van der Waals surface area contributed by atoms with Gasteiger partial charge in [0, 0.05) is 29.3 Å². The number of hydrogen-bond acceptors (Lipinski definition) is 4. The van der Waals surface area contributed by atoms with Crippen LogP contribution in [0.2, 0.25) is 10.0 Å². The average Bonchev–Trinajstić information content (AvgIpc) is 2.74. The molecule has 2 aliphatic rings. The van der Waals surface area contributed by atoms with Gasteiger partial charge < -0.3 is 4.74 Å². The number of allylic oxidation sites excluding steroid dienone is 2. The van der Waals surface area contributed by atoms with Gasteiger partial charge in [0.2, 0.25) is 0 Å². The fourth-order valence-electron chi connectivity index (χ4n) is 4.23. The lowest BCUT2D eigenvalue weighted by Crippen LogP contribution is -2.37. The number of carbonyl (C=O) groups is 2. The molecule has 0 fully saturated rings. The fourth-order valence-corrected chi connectivity index (χ4v) is 4.65. The van der Waals surface area contributed by atoms with Crippen LogP contribution >= 0.6 is 23.2 Å². The zero-order chi connectivity index (χ0) is 21.3. The molecule has 1 aliphatic heterocycles. The Bertz CT molecular complexity index is 1060. The third-order valence-corrected chi connectivity index (χ3v) is 6.46. The molecule has 154 valence electrons. The van der Waals surface area contributed by atoms with Crippen molar-refractivity contribution in [3.05, 3.63) is 81.0 Å². The summed E-state index contributed by atoms with van der Waals surface area (Å²) in [5.74, 6) is -1.70. The molecule has 0 amide bonds. The summed E-state index contributed by atoms with van der Waals surface area (Å²) in [6.07, 6.45) is 1.90. The van der Waals surface area contributed by atoms with Gasteiger partial charge in [0.15, 0.2) is 5.78 Å². The van der Waals surface area contributed by atoms with E-state index in [9.17, 15) is 9.59 Å². The van der Waals surface area contributed by atoms with E-state index in [-0.39, 0.29) is 12.4 Å². The molecule has 1 heterocycles. The van der Waals surface area contributed by atoms with E-state index in [1.165, 1.54) is 0 Å². The molecule has 0 spiro atoms. The Morgan fingerprint density at radius 1 is 1.10 bits per heavy atom. The number of esters is 1. The first-order valence-corrected chi connectivity index (χ1v) is 10.7. The molecule has 0 aromatic heterocycles. The quantitative estimate of drug-likeness (QED) is 0.553. The van der Waals surface area contributed by atoms with E-state index in [0.29, 0.717) is 39.7 Å². The second kappa shape index (κ2) is 8.75. The highest BCUT2D eigenvalue weighted by atomic mass is 35.5. The number of ether oxygens (including phenoxy) is 1. The lowest BCUT2D eigenvalue weighted by molar-refractivity contribution is -0.148. The van der Waals surface area contributed by atoms with E-state index >= 15 is 0 Å². The minimum atomic E-state index is -0.731. The normalized spacial score (nSPS) is 21.2. The van der Waals surface area contributed by atoms with E-state index in [0.717, 1.165) is 17.7 Å². The molecule has 1 aliphatic carbocycles. The van der Waals surface area contributed by atoms with E-state index in [2.05, 4.69) is 4.99 Å². The highest BCUT2D eigenvalue weighted by molar-refractivity contribution is 6.42. The van der Waals surface area contributed by atoms with Gasteiger partial charge in [-0.3, -0.25) is 14.6 Å². The number of carbonyl (C=O) groups excluding carboxylic acids is 2. The van der Waals surface area contributed by atoms with Gasteiger partial charge in [0.25, 0.3) is 0 Å². The topological polar surface area (TPSA) is 55.7 Å². The summed E-state index contributed by atoms with van der Waals surface area (Å²) >= 11 is 12.8. The Morgan fingerprint density at radius 3 is 2.63 bits per heavy atom. The molecule has 6 heteroatoms. The van der Waals surface area contributed by atoms with Crippen molar-refractivity contribution in [1.29, 1.82) is 0 Å². The first kappa shape index (κ1) is 20.8. The van der Waals surface area contributed by atoms with Crippen LogP contribution in [0.15, 0.2) is 64.8 Å². The van der Waals surface area contributed by atoms with Crippen molar-refractivity contribution in [3.63, 3.8) is 0 Å². The Balaban J connectivity index is 1.74. The number of ketones is 1. The van der Waals surface area contributed by atoms with Crippen LogP contribution in [0.25, 0.3) is 0 Å². The van der Waals surface area contributed by atoms with Gasteiger partial charge in [-0.15, -0.1) is 0 Å². The van der Waals surface area contributed by atoms with Crippen molar-refractivity contribution in [2.75, 3.05) is 0 Å². The van der Waals surface area contributed by atoms with E-state index in [1.54, 1.807) is 12.1 Å². The summed E-state index contributed by atoms with van der Waals surface area (Å²) in [6.45, 7) is 1.96. The summed E-state index contributed by atoms with van der Waals surface area (Å²) in [6, 6.07) is 14.8. The maximum Gasteiger partial charge on any atom is 0.315 e. The minimum Gasteiger partial charge on any atom is -0.460 e. The van der Waals surface area contributed by atoms with Crippen molar-refractivity contribution >= 4 is 40.7 Å². The zero-order valence-electron chi connectivity index (χ0n) is 16.5. The average molecular weight is 442 g/mol. The summed E-state index contributed by atoms with van der Waals surface area (Å²) in [7, 11) is 0. The van der Waals surface area contributed by atoms with Gasteiger partial charge in [-0.05, 0) is 37.0 Å². The molecule has 0 N–H and O–H groups in total. The number of rotatable bonds is 4. The monoisotopic (exact) mass is 441 g/mol. The third kappa shape index (κ3) is 3.94. The van der Waals surface area contributed by atoms with Crippen LogP contribution in [0, 0.1) is 5.92 Å². The molecule has 2 aromatic rings. The molecule has 1 unspecified atom stereocenters. The highest BCUT2D eigenvalue weighted by Gasteiger charge is 2.44. The Hall–Kier alpha value is -2.43. The lowest BCUT2D eigenvalue weighted by Gasteiger charge is -2.35. The predicted molar refractivity (Wildman–Crippen MR) is 118 cm³/mol. The lowest BCUT2D eigenvalue weighted by atomic mass is 9.71. The van der Waals surface area contributed by atoms with Crippen LogP contribution in [0.3, 0.4) is 0 Å². The van der Waals surface area contributed by atoms with Crippen molar-refractivity contribution in [3.8, 4) is 0 Å². The number of Topliss-reactive ketones (excluding diaryl/α,β-unsaturated/α-hetero) is 1. The summed E-state index contributed by atoms with van der Waals surface area (Å²) in [5.41, 5.74) is 3.49. The molecule has 2 atom stereocenters. The number of halogens is 2. The Morgan fingerprint density at radius 2 is 1.87 bits per heavy atom. The van der Waals surface area contributed by atoms with Crippen molar-refractivity contribution < 1.29 is 14.3 Å². The van der Waals surface area contributed by atoms with Crippen molar-refractivity contribution in [2.45, 2.75) is 38.7 Å². The van der Waals surface area contributed by atoms with E-state index < -0.39 is 17.8 Å². The largest absolute Gasteiger partial charge is 0.460 e. The smallest absolute Gasteiger partial charge is 0.315 e. The SMILES string of the molecule is CC1=NC2=C(C(=O)CCC2)[C@H](c2cccc(Cl)c2Cl)C1C(=O)OCc1ccccc1. The van der Waals surface area contributed by atoms with Gasteiger partial charge >= 0.3 is 5.97 Å². The number of hydrogen-bond donors (Lipinski definition) is 0. The fraction of sp³-hybridized carbons (Fsp3) is 0.292. The maximum absolute atomic E-state index is 13.2. The van der Waals surface area contributed by atoms with Crippen LogP contribution in [0.4, 0.5) is 0 Å². The Kier molecular flexibility index (Phi) is 6.07. The van der Waals surface area contributed by atoms with Crippen LogP contribution in [0.5, 0.6) is 0 Å². The minimum absolute atomic E-state index is 0.00871. The van der Waals surface area contributed by atoms with Crippen molar-refractivity contribution in [1.82, 2.24) is 0 Å². The van der Waals surface area contributed by atoms with Gasteiger partial charge in [-0.2, -0.15) is 0 Å². The molecule has 0 radical (unpaired) electrons. The zero-order valence-corrected chi connectivity index (χ0v) is 18.0. The van der Waals surface area contributed by atoms with E-state index in [1.807, 2.05) is 43.3 Å². The molecule has 0 bridgehead atoms. The Labute approximate surface area is 185 Å². The summed E-state index contributed by atoms with van der Waals surface area (Å²) in [4.78, 5) is 30.8. The second-order valence-corrected chi connectivity index (χ2v) is 8.37. The summed E-state index contributed by atoms with van der Waals surface area (Å²) in [5, 5.41) is 0.737. The summed E-state index contributed by atoms with van der Waals surface area (Å²) < 4.78 is 5.65. The predicted octanol–water partition coefficient (Wildman–Crippen LogP) is 5.92. The van der Waals surface area contributed by atoms with Crippen LogP contribution in [0.1, 0.15) is 43.2 Å². The molecule has 0 saturated heterocycles.